The summed E-state index contributed by atoms with van der Waals surface area (Å²) in [5.74, 6) is 0.842. The molecule has 0 spiro atoms. The van der Waals surface area contributed by atoms with Crippen LogP contribution in [0.15, 0.2) is 24.3 Å². The molecule has 0 aliphatic carbocycles. The molecule has 3 nitrogen and oxygen atoms in total. The molecule has 1 aliphatic rings. The van der Waals surface area contributed by atoms with E-state index in [2.05, 4.69) is 13.8 Å². The molecule has 0 amide bonds. The van der Waals surface area contributed by atoms with Gasteiger partial charge >= 0.3 is 0 Å². The second-order valence-electron chi connectivity index (χ2n) is 4.87. The molecule has 0 saturated carbocycles. The van der Waals surface area contributed by atoms with Crippen LogP contribution in [0.2, 0.25) is 0 Å². The van der Waals surface area contributed by atoms with E-state index in [1.165, 1.54) is 0 Å². The third-order valence-electron chi connectivity index (χ3n) is 2.80. The Labute approximate surface area is 103 Å². The third kappa shape index (κ3) is 2.99. The molecule has 3 heteroatoms. The molecule has 0 unspecified atom stereocenters. The van der Waals surface area contributed by atoms with Gasteiger partial charge in [-0.15, -0.1) is 0 Å². The van der Waals surface area contributed by atoms with Crippen molar-refractivity contribution in [2.24, 2.45) is 5.92 Å². The minimum atomic E-state index is -0.587. The number of ether oxygens (including phenoxy) is 3. The SMILES string of the molecule is CC(C)COc1ccc(C2(C)OCCO2)cc1. The lowest BCUT2D eigenvalue weighted by molar-refractivity contribution is -0.149. The fourth-order valence-corrected chi connectivity index (χ4v) is 1.80. The van der Waals surface area contributed by atoms with E-state index >= 15 is 0 Å². The highest BCUT2D eigenvalue weighted by Gasteiger charge is 2.32. The maximum Gasteiger partial charge on any atom is 0.192 e. The second kappa shape index (κ2) is 5.07. The predicted molar refractivity (Wildman–Crippen MR) is 66.0 cm³/mol. The van der Waals surface area contributed by atoms with Crippen LogP contribution in [0.25, 0.3) is 0 Å². The Bertz CT molecular complexity index is 350. The van der Waals surface area contributed by atoms with Gasteiger partial charge in [-0.05, 0) is 37.1 Å². The zero-order valence-corrected chi connectivity index (χ0v) is 10.7. The monoisotopic (exact) mass is 236 g/mol. The molecule has 94 valence electrons. The molecule has 1 aromatic rings. The number of hydrogen-bond donors (Lipinski definition) is 0. The minimum absolute atomic E-state index is 0.536. The molecular weight excluding hydrogens is 216 g/mol. The summed E-state index contributed by atoms with van der Waals surface area (Å²) >= 11 is 0. The first-order valence-electron chi connectivity index (χ1n) is 6.11. The summed E-state index contributed by atoms with van der Waals surface area (Å²) in [6.45, 7) is 8.27. The Hall–Kier alpha value is -1.06. The highest BCUT2D eigenvalue weighted by atomic mass is 16.7. The van der Waals surface area contributed by atoms with Crippen molar-refractivity contribution >= 4 is 0 Å². The molecule has 1 heterocycles. The van der Waals surface area contributed by atoms with Gasteiger partial charge in [-0.3, -0.25) is 0 Å². The first kappa shape index (κ1) is 12.4. The standard InChI is InChI=1S/C14H20O3/c1-11(2)10-15-13-6-4-12(5-7-13)14(3)16-8-9-17-14/h4-7,11H,8-10H2,1-3H3. The lowest BCUT2D eigenvalue weighted by Gasteiger charge is -2.22. The molecule has 1 saturated heterocycles. The summed E-state index contributed by atoms with van der Waals surface area (Å²) in [4.78, 5) is 0. The van der Waals surface area contributed by atoms with Gasteiger partial charge in [0.1, 0.15) is 5.75 Å². The second-order valence-corrected chi connectivity index (χ2v) is 4.87. The summed E-state index contributed by atoms with van der Waals surface area (Å²) in [5, 5.41) is 0. The molecule has 0 radical (unpaired) electrons. The van der Waals surface area contributed by atoms with Crippen molar-refractivity contribution in [1.29, 1.82) is 0 Å². The van der Waals surface area contributed by atoms with Crippen molar-refractivity contribution in [2.45, 2.75) is 26.6 Å². The highest BCUT2D eigenvalue weighted by molar-refractivity contribution is 5.29. The molecule has 1 fully saturated rings. The first-order valence-corrected chi connectivity index (χ1v) is 6.11. The van der Waals surface area contributed by atoms with E-state index in [0.717, 1.165) is 17.9 Å². The maximum absolute atomic E-state index is 5.64. The van der Waals surface area contributed by atoms with Crippen LogP contribution in [0.1, 0.15) is 26.3 Å². The fourth-order valence-electron chi connectivity index (χ4n) is 1.80. The Kier molecular flexibility index (Phi) is 3.69. The van der Waals surface area contributed by atoms with Crippen molar-refractivity contribution in [3.63, 3.8) is 0 Å². The van der Waals surface area contributed by atoms with Gasteiger partial charge in [-0.2, -0.15) is 0 Å². The van der Waals surface area contributed by atoms with Crippen LogP contribution in [0.4, 0.5) is 0 Å². The summed E-state index contributed by atoms with van der Waals surface area (Å²) in [5.41, 5.74) is 1.03. The van der Waals surface area contributed by atoms with Crippen molar-refractivity contribution in [3.05, 3.63) is 29.8 Å². The zero-order valence-electron chi connectivity index (χ0n) is 10.7. The Morgan fingerprint density at radius 3 is 2.29 bits per heavy atom. The molecule has 2 rings (SSSR count). The van der Waals surface area contributed by atoms with Crippen LogP contribution in [0.3, 0.4) is 0 Å². The summed E-state index contributed by atoms with van der Waals surface area (Å²) in [6.07, 6.45) is 0. The zero-order chi connectivity index (χ0) is 12.3. The maximum atomic E-state index is 5.64. The topological polar surface area (TPSA) is 27.7 Å². The third-order valence-corrected chi connectivity index (χ3v) is 2.80. The van der Waals surface area contributed by atoms with Crippen LogP contribution in [-0.2, 0) is 15.3 Å². The van der Waals surface area contributed by atoms with Gasteiger partial charge < -0.3 is 14.2 Å². The van der Waals surface area contributed by atoms with Gasteiger partial charge in [0.25, 0.3) is 0 Å². The van der Waals surface area contributed by atoms with Gasteiger partial charge in [-0.25, -0.2) is 0 Å². The van der Waals surface area contributed by atoms with Crippen molar-refractivity contribution in [3.8, 4) is 5.75 Å². The molecule has 0 bridgehead atoms. The average molecular weight is 236 g/mol. The first-order chi connectivity index (χ1) is 8.10. The number of rotatable bonds is 4. The van der Waals surface area contributed by atoms with Crippen molar-refractivity contribution in [1.82, 2.24) is 0 Å². The van der Waals surface area contributed by atoms with E-state index in [9.17, 15) is 0 Å². The highest BCUT2D eigenvalue weighted by Crippen LogP contribution is 2.31. The van der Waals surface area contributed by atoms with Crippen LogP contribution < -0.4 is 4.74 Å². The van der Waals surface area contributed by atoms with Crippen LogP contribution in [0, 0.1) is 5.92 Å². The Morgan fingerprint density at radius 2 is 1.76 bits per heavy atom. The molecule has 0 N–H and O–H groups in total. The van der Waals surface area contributed by atoms with Crippen LogP contribution >= 0.6 is 0 Å². The van der Waals surface area contributed by atoms with Gasteiger partial charge in [0.05, 0.1) is 19.8 Å². The predicted octanol–water partition coefficient (Wildman–Crippen LogP) is 2.94. The van der Waals surface area contributed by atoms with E-state index in [0.29, 0.717) is 19.1 Å². The summed E-state index contributed by atoms with van der Waals surface area (Å²) < 4.78 is 16.8. The molecular formula is C14H20O3. The van der Waals surface area contributed by atoms with Gasteiger partial charge in [0.2, 0.25) is 0 Å². The van der Waals surface area contributed by atoms with E-state index in [1.54, 1.807) is 0 Å². The average Bonchev–Trinajstić information content (AvgIpc) is 2.75. The lowest BCUT2D eigenvalue weighted by Crippen LogP contribution is -2.22. The van der Waals surface area contributed by atoms with Gasteiger partial charge in [0.15, 0.2) is 5.79 Å². The quantitative estimate of drug-likeness (QED) is 0.804. The summed E-state index contributed by atoms with van der Waals surface area (Å²) in [7, 11) is 0. The van der Waals surface area contributed by atoms with E-state index in [1.807, 2.05) is 31.2 Å². The minimum Gasteiger partial charge on any atom is -0.493 e. The smallest absolute Gasteiger partial charge is 0.192 e. The Morgan fingerprint density at radius 1 is 1.18 bits per heavy atom. The molecule has 1 aromatic carbocycles. The van der Waals surface area contributed by atoms with Crippen molar-refractivity contribution in [2.75, 3.05) is 19.8 Å². The van der Waals surface area contributed by atoms with Crippen molar-refractivity contribution < 1.29 is 14.2 Å². The lowest BCUT2D eigenvalue weighted by atomic mass is 10.1. The molecule has 17 heavy (non-hydrogen) atoms. The molecule has 0 aromatic heterocycles. The van der Waals surface area contributed by atoms with E-state index in [-0.39, 0.29) is 0 Å². The molecule has 1 aliphatic heterocycles. The van der Waals surface area contributed by atoms with Gasteiger partial charge in [0, 0.05) is 5.56 Å². The molecule has 0 atom stereocenters. The number of hydrogen-bond acceptors (Lipinski definition) is 3. The van der Waals surface area contributed by atoms with Crippen LogP contribution in [0.5, 0.6) is 5.75 Å². The van der Waals surface area contributed by atoms with E-state index in [4.69, 9.17) is 14.2 Å². The summed E-state index contributed by atoms with van der Waals surface area (Å²) in [6, 6.07) is 7.93. The normalized spacial score (nSPS) is 18.6. The van der Waals surface area contributed by atoms with Gasteiger partial charge in [-0.1, -0.05) is 13.8 Å². The fraction of sp³-hybridized carbons (Fsp3) is 0.571. The Balaban J connectivity index is 2.02. The number of benzene rings is 1. The van der Waals surface area contributed by atoms with E-state index < -0.39 is 5.79 Å². The largest absolute Gasteiger partial charge is 0.493 e. The van der Waals surface area contributed by atoms with Crippen LogP contribution in [-0.4, -0.2) is 19.8 Å².